The zero-order valence-electron chi connectivity index (χ0n) is 11.0. The van der Waals surface area contributed by atoms with Crippen molar-refractivity contribution >= 4 is 0 Å². The van der Waals surface area contributed by atoms with Crippen LogP contribution in [-0.2, 0) is 4.74 Å². The minimum absolute atomic E-state index is 0.643. The number of hydrogen-bond donors (Lipinski definition) is 1. The van der Waals surface area contributed by atoms with Crippen molar-refractivity contribution in [3.05, 3.63) is 0 Å². The van der Waals surface area contributed by atoms with E-state index < -0.39 is 0 Å². The number of ether oxygens (including phenoxy) is 1. The molecule has 1 fully saturated rings. The number of nitrogens with one attached hydrogen (secondary N) is 1. The second kappa shape index (κ2) is 10.1. The first-order chi connectivity index (χ1) is 7.93. The summed E-state index contributed by atoms with van der Waals surface area (Å²) in [5.74, 6) is 0. The zero-order valence-corrected chi connectivity index (χ0v) is 11.0. The van der Waals surface area contributed by atoms with Gasteiger partial charge < -0.3 is 10.1 Å². The van der Waals surface area contributed by atoms with Gasteiger partial charge in [-0.1, -0.05) is 51.9 Å². The van der Waals surface area contributed by atoms with Crippen molar-refractivity contribution < 1.29 is 4.74 Å². The molecule has 0 bridgehead atoms. The summed E-state index contributed by atoms with van der Waals surface area (Å²) >= 11 is 0. The van der Waals surface area contributed by atoms with Gasteiger partial charge in [-0.05, 0) is 19.4 Å². The first-order valence-electron chi connectivity index (χ1n) is 7.24. The van der Waals surface area contributed by atoms with E-state index in [1.54, 1.807) is 0 Å². The molecule has 1 saturated heterocycles. The molecule has 16 heavy (non-hydrogen) atoms. The van der Waals surface area contributed by atoms with Crippen LogP contribution in [0.1, 0.15) is 64.7 Å². The molecule has 1 heterocycles. The van der Waals surface area contributed by atoms with Crippen molar-refractivity contribution in [2.24, 2.45) is 0 Å². The number of rotatable bonds is 10. The summed E-state index contributed by atoms with van der Waals surface area (Å²) in [6.45, 7) is 5.34. The Hall–Kier alpha value is -0.0800. The van der Waals surface area contributed by atoms with Gasteiger partial charge in [0.15, 0.2) is 0 Å². The molecule has 0 spiro atoms. The molecule has 1 atom stereocenters. The van der Waals surface area contributed by atoms with E-state index in [4.69, 9.17) is 4.74 Å². The highest BCUT2D eigenvalue weighted by atomic mass is 16.5. The van der Waals surface area contributed by atoms with E-state index in [0.717, 1.165) is 13.2 Å². The second-order valence-corrected chi connectivity index (χ2v) is 4.99. The predicted octanol–water partition coefficient (Wildman–Crippen LogP) is 3.51. The lowest BCUT2D eigenvalue weighted by atomic mass is 10.1. The molecular formula is C14H29NO. The van der Waals surface area contributed by atoms with Gasteiger partial charge in [0.05, 0.1) is 6.61 Å². The fraction of sp³-hybridized carbons (Fsp3) is 1.00. The van der Waals surface area contributed by atoms with E-state index in [-0.39, 0.29) is 0 Å². The molecule has 1 rings (SSSR count). The highest BCUT2D eigenvalue weighted by Gasteiger charge is 2.13. The maximum Gasteiger partial charge on any atom is 0.0620 e. The van der Waals surface area contributed by atoms with Crippen LogP contribution in [0.3, 0.4) is 0 Å². The third-order valence-electron chi connectivity index (χ3n) is 3.39. The quantitative estimate of drug-likeness (QED) is 0.577. The van der Waals surface area contributed by atoms with Gasteiger partial charge in [-0.25, -0.2) is 0 Å². The third kappa shape index (κ3) is 7.24. The molecule has 0 aliphatic carbocycles. The Balaban J connectivity index is 1.71. The van der Waals surface area contributed by atoms with Crippen molar-refractivity contribution in [2.45, 2.75) is 70.8 Å². The summed E-state index contributed by atoms with van der Waals surface area (Å²) in [5, 5.41) is 3.57. The standard InChI is InChI=1S/C14H29NO/c1-2-3-4-5-6-7-8-9-11-15-14-10-12-16-13-14/h14-15H,2-13H2,1H3. The fourth-order valence-electron chi connectivity index (χ4n) is 2.26. The summed E-state index contributed by atoms with van der Waals surface area (Å²) in [6.07, 6.45) is 12.5. The Morgan fingerprint density at radius 3 is 2.31 bits per heavy atom. The zero-order chi connectivity index (χ0) is 11.5. The van der Waals surface area contributed by atoms with Crippen molar-refractivity contribution in [2.75, 3.05) is 19.8 Å². The van der Waals surface area contributed by atoms with Crippen LogP contribution < -0.4 is 5.32 Å². The Labute approximate surface area is 101 Å². The van der Waals surface area contributed by atoms with Gasteiger partial charge in [0, 0.05) is 12.6 Å². The van der Waals surface area contributed by atoms with Crippen molar-refractivity contribution in [3.8, 4) is 0 Å². The van der Waals surface area contributed by atoms with Gasteiger partial charge in [0.1, 0.15) is 0 Å². The molecule has 2 nitrogen and oxygen atoms in total. The Kier molecular flexibility index (Phi) is 8.83. The molecule has 96 valence electrons. The molecule has 0 saturated carbocycles. The van der Waals surface area contributed by atoms with E-state index in [1.165, 1.54) is 64.3 Å². The SMILES string of the molecule is CCCCCCCCCCNC1CCOC1. The summed E-state index contributed by atoms with van der Waals surface area (Å²) < 4.78 is 5.33. The summed E-state index contributed by atoms with van der Waals surface area (Å²) in [5.41, 5.74) is 0. The predicted molar refractivity (Wildman–Crippen MR) is 69.8 cm³/mol. The largest absolute Gasteiger partial charge is 0.380 e. The second-order valence-electron chi connectivity index (χ2n) is 4.99. The third-order valence-corrected chi connectivity index (χ3v) is 3.39. The normalized spacial score (nSPS) is 20.4. The van der Waals surface area contributed by atoms with Crippen LogP contribution in [0.25, 0.3) is 0 Å². The molecule has 2 heteroatoms. The van der Waals surface area contributed by atoms with Crippen LogP contribution in [0.4, 0.5) is 0 Å². The van der Waals surface area contributed by atoms with Crippen LogP contribution >= 0.6 is 0 Å². The highest BCUT2D eigenvalue weighted by molar-refractivity contribution is 4.70. The lowest BCUT2D eigenvalue weighted by Gasteiger charge is -2.09. The van der Waals surface area contributed by atoms with Crippen LogP contribution in [0, 0.1) is 0 Å². The number of hydrogen-bond acceptors (Lipinski definition) is 2. The molecule has 0 aromatic rings. The van der Waals surface area contributed by atoms with E-state index in [9.17, 15) is 0 Å². The minimum Gasteiger partial charge on any atom is -0.380 e. The highest BCUT2D eigenvalue weighted by Crippen LogP contribution is 2.08. The van der Waals surface area contributed by atoms with Crippen molar-refractivity contribution in [3.63, 3.8) is 0 Å². The summed E-state index contributed by atoms with van der Waals surface area (Å²) in [6, 6.07) is 0.643. The number of unbranched alkanes of at least 4 members (excludes halogenated alkanes) is 7. The first kappa shape index (κ1) is 14.0. The summed E-state index contributed by atoms with van der Waals surface area (Å²) in [7, 11) is 0. The maximum atomic E-state index is 5.33. The molecule has 1 aliphatic heterocycles. The lowest BCUT2D eigenvalue weighted by Crippen LogP contribution is -2.29. The topological polar surface area (TPSA) is 21.3 Å². The van der Waals surface area contributed by atoms with E-state index in [0.29, 0.717) is 6.04 Å². The molecule has 0 radical (unpaired) electrons. The van der Waals surface area contributed by atoms with Gasteiger partial charge in [-0.3, -0.25) is 0 Å². The van der Waals surface area contributed by atoms with Crippen LogP contribution in [0.2, 0.25) is 0 Å². The average molecular weight is 227 g/mol. The Morgan fingerprint density at radius 1 is 1.00 bits per heavy atom. The fourth-order valence-corrected chi connectivity index (χ4v) is 2.26. The molecule has 1 N–H and O–H groups in total. The van der Waals surface area contributed by atoms with E-state index in [2.05, 4.69) is 12.2 Å². The van der Waals surface area contributed by atoms with Crippen LogP contribution in [-0.4, -0.2) is 25.8 Å². The van der Waals surface area contributed by atoms with Gasteiger partial charge in [0.2, 0.25) is 0 Å². The maximum absolute atomic E-state index is 5.33. The van der Waals surface area contributed by atoms with Gasteiger partial charge >= 0.3 is 0 Å². The van der Waals surface area contributed by atoms with Gasteiger partial charge in [0.25, 0.3) is 0 Å². The van der Waals surface area contributed by atoms with Crippen LogP contribution in [0.15, 0.2) is 0 Å². The Bertz CT molecular complexity index is 144. The lowest BCUT2D eigenvalue weighted by molar-refractivity contribution is 0.190. The van der Waals surface area contributed by atoms with Crippen LogP contribution in [0.5, 0.6) is 0 Å². The molecule has 0 aromatic heterocycles. The minimum atomic E-state index is 0.643. The molecule has 0 amide bonds. The molecular weight excluding hydrogens is 198 g/mol. The molecule has 0 aromatic carbocycles. The van der Waals surface area contributed by atoms with Crippen molar-refractivity contribution in [1.82, 2.24) is 5.32 Å². The van der Waals surface area contributed by atoms with Gasteiger partial charge in [-0.15, -0.1) is 0 Å². The summed E-state index contributed by atoms with van der Waals surface area (Å²) in [4.78, 5) is 0. The molecule has 1 aliphatic rings. The average Bonchev–Trinajstić information content (AvgIpc) is 2.80. The Morgan fingerprint density at radius 2 is 1.69 bits per heavy atom. The first-order valence-corrected chi connectivity index (χ1v) is 7.24. The molecule has 1 unspecified atom stereocenters. The van der Waals surface area contributed by atoms with E-state index in [1.807, 2.05) is 0 Å². The van der Waals surface area contributed by atoms with Gasteiger partial charge in [-0.2, -0.15) is 0 Å². The van der Waals surface area contributed by atoms with Crippen molar-refractivity contribution in [1.29, 1.82) is 0 Å². The van der Waals surface area contributed by atoms with E-state index >= 15 is 0 Å². The monoisotopic (exact) mass is 227 g/mol. The smallest absolute Gasteiger partial charge is 0.0620 e.